The molecule has 1 N–H and O–H groups in total. The summed E-state index contributed by atoms with van der Waals surface area (Å²) in [5, 5.41) is 3.77. The van der Waals surface area contributed by atoms with Crippen molar-refractivity contribution in [3.8, 4) is 0 Å². The van der Waals surface area contributed by atoms with Crippen molar-refractivity contribution >= 4 is 39.6 Å². The molecule has 0 aromatic rings. The third kappa shape index (κ3) is 2.86. The minimum atomic E-state index is -0.657. The predicted octanol–water partition coefficient (Wildman–Crippen LogP) is 0.443. The molecule has 0 radical (unpaired) electrons. The Morgan fingerprint density at radius 1 is 1.42 bits per heavy atom. The number of ketones is 1. The summed E-state index contributed by atoms with van der Waals surface area (Å²) < 4.78 is 0.824. The normalized spacial score (nSPS) is 15.9. The quantitative estimate of drug-likeness (QED) is 0.524. The smallest absolute Gasteiger partial charge is 0.289 e. The Balaban J connectivity index is 2.37. The van der Waals surface area contributed by atoms with E-state index >= 15 is 0 Å². The molecule has 1 fully saturated rings. The number of thioether (sulfide) groups is 2. The summed E-state index contributed by atoms with van der Waals surface area (Å²) >= 11 is 3.17. The molecule has 12 heavy (non-hydrogen) atoms. The van der Waals surface area contributed by atoms with E-state index in [0.29, 0.717) is 0 Å². The molecule has 4 nitrogen and oxygen atoms in total. The van der Waals surface area contributed by atoms with Crippen LogP contribution in [-0.4, -0.2) is 27.6 Å². The summed E-state index contributed by atoms with van der Waals surface area (Å²) in [5.41, 5.74) is 2.18. The molecule has 1 saturated heterocycles. The zero-order chi connectivity index (χ0) is 8.97. The fourth-order valence-electron chi connectivity index (χ4n) is 0.539. The fraction of sp³-hybridized carbons (Fsp3) is 0.500. The van der Waals surface area contributed by atoms with Crippen LogP contribution in [0.4, 0.5) is 0 Å². The lowest BCUT2D eigenvalue weighted by Gasteiger charge is -1.94. The van der Waals surface area contributed by atoms with E-state index in [-0.39, 0.29) is 0 Å². The van der Waals surface area contributed by atoms with Gasteiger partial charge in [-0.05, 0) is 0 Å². The Hall–Kier alpha value is -0.490. The molecule has 1 rings (SSSR count). The summed E-state index contributed by atoms with van der Waals surface area (Å²) in [5.74, 6) is 0.849. The minimum absolute atomic E-state index is 0.521. The maximum atomic E-state index is 10.7. The number of hydrogen-bond donors (Lipinski definition) is 1. The number of hydrogen-bond acceptors (Lipinski definition) is 5. The average Bonchev–Trinajstić information content (AvgIpc) is 2.51. The van der Waals surface area contributed by atoms with Gasteiger partial charge in [0.25, 0.3) is 0 Å². The van der Waals surface area contributed by atoms with E-state index in [1.807, 2.05) is 0 Å². The van der Waals surface area contributed by atoms with Gasteiger partial charge in [-0.25, -0.2) is 5.43 Å². The first-order valence-corrected chi connectivity index (χ1v) is 5.31. The third-order valence-electron chi connectivity index (χ3n) is 1.10. The van der Waals surface area contributed by atoms with Crippen molar-refractivity contribution in [3.63, 3.8) is 0 Å². The fourth-order valence-corrected chi connectivity index (χ4v) is 2.61. The highest BCUT2D eigenvalue weighted by atomic mass is 32.2. The van der Waals surface area contributed by atoms with Crippen LogP contribution < -0.4 is 5.43 Å². The lowest BCUT2D eigenvalue weighted by Crippen LogP contribution is -2.24. The topological polar surface area (TPSA) is 58.5 Å². The molecule has 0 bridgehead atoms. The predicted molar refractivity (Wildman–Crippen MR) is 51.2 cm³/mol. The van der Waals surface area contributed by atoms with Crippen molar-refractivity contribution in [3.05, 3.63) is 0 Å². The standard InChI is InChI=1S/C6H8N2O2S2/c1-4(9)5(10)7-8-6-11-2-3-12-6/h2-3H2,1H3,(H,7,10). The molecule has 0 aliphatic carbocycles. The molecule has 0 spiro atoms. The van der Waals surface area contributed by atoms with Crippen LogP contribution in [0.1, 0.15) is 6.92 Å². The van der Waals surface area contributed by atoms with Crippen molar-refractivity contribution < 1.29 is 9.59 Å². The SMILES string of the molecule is CC(=O)C(=O)NN=C1SCCS1. The van der Waals surface area contributed by atoms with Crippen LogP contribution in [0.25, 0.3) is 0 Å². The Bertz CT molecular complexity index is 232. The van der Waals surface area contributed by atoms with E-state index in [9.17, 15) is 9.59 Å². The monoisotopic (exact) mass is 204 g/mol. The van der Waals surface area contributed by atoms with Gasteiger partial charge in [-0.2, -0.15) is 5.10 Å². The summed E-state index contributed by atoms with van der Waals surface area (Å²) in [6, 6.07) is 0. The van der Waals surface area contributed by atoms with Crippen LogP contribution in [0.5, 0.6) is 0 Å². The number of hydrazone groups is 1. The molecular weight excluding hydrogens is 196 g/mol. The molecule has 1 aliphatic heterocycles. The number of carbonyl (C=O) groups is 2. The molecule has 1 amide bonds. The van der Waals surface area contributed by atoms with Gasteiger partial charge >= 0.3 is 5.91 Å². The molecule has 0 unspecified atom stereocenters. The Morgan fingerprint density at radius 2 is 2.00 bits per heavy atom. The van der Waals surface area contributed by atoms with Crippen molar-refractivity contribution in [2.24, 2.45) is 5.10 Å². The van der Waals surface area contributed by atoms with Gasteiger partial charge in [0.05, 0.1) is 0 Å². The molecule has 0 saturated carbocycles. The van der Waals surface area contributed by atoms with Gasteiger partial charge in [0.1, 0.15) is 4.38 Å². The van der Waals surface area contributed by atoms with Crippen molar-refractivity contribution in [2.45, 2.75) is 6.92 Å². The lowest BCUT2D eigenvalue weighted by atomic mass is 10.4. The van der Waals surface area contributed by atoms with E-state index in [0.717, 1.165) is 15.9 Å². The highest BCUT2D eigenvalue weighted by molar-refractivity contribution is 8.41. The van der Waals surface area contributed by atoms with Crippen molar-refractivity contribution in [2.75, 3.05) is 11.5 Å². The highest BCUT2D eigenvalue weighted by Gasteiger charge is 2.11. The molecule has 1 aliphatic rings. The zero-order valence-electron chi connectivity index (χ0n) is 6.49. The van der Waals surface area contributed by atoms with E-state index in [1.54, 1.807) is 23.5 Å². The molecule has 66 valence electrons. The van der Waals surface area contributed by atoms with Gasteiger partial charge in [-0.3, -0.25) is 9.59 Å². The Kier molecular flexibility index (Phi) is 3.61. The number of carbonyl (C=O) groups excluding carboxylic acids is 2. The number of amides is 1. The third-order valence-corrected chi connectivity index (χ3v) is 3.56. The maximum absolute atomic E-state index is 10.7. The molecule has 1 heterocycles. The van der Waals surface area contributed by atoms with Gasteiger partial charge < -0.3 is 0 Å². The number of nitrogens with one attached hydrogen (secondary N) is 1. The average molecular weight is 204 g/mol. The van der Waals surface area contributed by atoms with Crippen LogP contribution in [-0.2, 0) is 9.59 Å². The lowest BCUT2D eigenvalue weighted by molar-refractivity contribution is -0.136. The first kappa shape index (κ1) is 9.60. The zero-order valence-corrected chi connectivity index (χ0v) is 8.13. The largest absolute Gasteiger partial charge is 0.307 e. The van der Waals surface area contributed by atoms with Crippen molar-refractivity contribution in [1.29, 1.82) is 0 Å². The van der Waals surface area contributed by atoms with Gasteiger partial charge in [0.15, 0.2) is 0 Å². The second kappa shape index (κ2) is 4.51. The Morgan fingerprint density at radius 3 is 2.50 bits per heavy atom. The number of nitrogens with zero attached hydrogens (tertiary/aromatic N) is 1. The maximum Gasteiger partial charge on any atom is 0.307 e. The van der Waals surface area contributed by atoms with Crippen molar-refractivity contribution in [1.82, 2.24) is 5.43 Å². The minimum Gasteiger partial charge on any atom is -0.289 e. The van der Waals surface area contributed by atoms with Gasteiger partial charge in [0.2, 0.25) is 5.78 Å². The van der Waals surface area contributed by atoms with Crippen LogP contribution in [0.3, 0.4) is 0 Å². The molecule has 0 aromatic carbocycles. The molecule has 0 atom stereocenters. The summed E-state index contributed by atoms with van der Waals surface area (Å²) in [6.07, 6.45) is 0. The van der Waals surface area contributed by atoms with Crippen LogP contribution >= 0.6 is 23.5 Å². The summed E-state index contributed by atoms with van der Waals surface area (Å²) in [4.78, 5) is 21.2. The number of Topliss-reactive ketones (excluding diaryl/α,β-unsaturated/α-hetero) is 1. The van der Waals surface area contributed by atoms with Crippen LogP contribution in [0.2, 0.25) is 0 Å². The Labute approximate surface area is 78.5 Å². The first-order valence-electron chi connectivity index (χ1n) is 3.34. The molecule has 0 aromatic heterocycles. The van der Waals surface area contributed by atoms with Gasteiger partial charge in [-0.1, -0.05) is 23.5 Å². The van der Waals surface area contributed by atoms with E-state index in [4.69, 9.17) is 0 Å². The molecule has 6 heteroatoms. The highest BCUT2D eigenvalue weighted by Crippen LogP contribution is 2.25. The van der Waals surface area contributed by atoms with E-state index in [2.05, 4.69) is 10.5 Å². The number of rotatable bonds is 2. The van der Waals surface area contributed by atoms with Crippen LogP contribution in [0, 0.1) is 0 Å². The second-order valence-electron chi connectivity index (χ2n) is 2.07. The first-order chi connectivity index (χ1) is 5.70. The van der Waals surface area contributed by atoms with E-state index in [1.165, 1.54) is 6.92 Å². The van der Waals surface area contributed by atoms with Crippen LogP contribution in [0.15, 0.2) is 5.10 Å². The summed E-state index contributed by atoms with van der Waals surface area (Å²) in [6.45, 7) is 1.21. The van der Waals surface area contributed by atoms with Gasteiger partial charge in [0, 0.05) is 18.4 Å². The summed E-state index contributed by atoms with van der Waals surface area (Å²) in [7, 11) is 0. The molecular formula is C6H8N2O2S2. The second-order valence-corrected chi connectivity index (χ2v) is 4.50. The van der Waals surface area contributed by atoms with Gasteiger partial charge in [-0.15, -0.1) is 0 Å². The van der Waals surface area contributed by atoms with E-state index < -0.39 is 11.7 Å².